The van der Waals surface area contributed by atoms with Crippen LogP contribution in [-0.2, 0) is 6.42 Å². The summed E-state index contributed by atoms with van der Waals surface area (Å²) in [6.45, 7) is 0. The minimum Gasteiger partial charge on any atom is -0.508 e. The number of rotatable bonds is 4. The molecule has 0 aliphatic heterocycles. The monoisotopic (exact) mass is 365 g/mol. The van der Waals surface area contributed by atoms with Gasteiger partial charge in [0.05, 0.1) is 12.8 Å². The fraction of sp³-hybridized carbons (Fsp3) is 0.105. The number of fused-ring (bicyclic) bond motifs is 1. The van der Waals surface area contributed by atoms with E-state index in [4.69, 9.17) is 4.74 Å². The molecule has 0 atom stereocenters. The molecular weight excluding hydrogens is 350 g/mol. The van der Waals surface area contributed by atoms with E-state index in [0.29, 0.717) is 17.1 Å². The fourth-order valence-electron chi connectivity index (χ4n) is 2.71. The number of hydrogen-bond acceptors (Lipinski definition) is 6. The summed E-state index contributed by atoms with van der Waals surface area (Å²) in [6.07, 6.45) is 0.372. The summed E-state index contributed by atoms with van der Waals surface area (Å²) in [7, 11) is 1.61. The van der Waals surface area contributed by atoms with E-state index in [1.807, 2.05) is 29.6 Å². The zero-order chi connectivity index (χ0) is 18.1. The average molecular weight is 365 g/mol. The van der Waals surface area contributed by atoms with E-state index >= 15 is 0 Å². The number of methoxy groups -OCH3 is 1. The highest BCUT2D eigenvalue weighted by atomic mass is 32.1. The van der Waals surface area contributed by atoms with Gasteiger partial charge in [-0.05, 0) is 42.0 Å². The zero-order valence-electron chi connectivity index (χ0n) is 13.9. The Hall–Kier alpha value is -3.19. The molecule has 0 unspecified atom stereocenters. The number of phenolic OH excluding ortho intramolecular Hbond substituents is 1. The smallest absolute Gasteiger partial charge is 0.296 e. The molecule has 0 saturated heterocycles. The van der Waals surface area contributed by atoms with Crippen LogP contribution in [0.3, 0.4) is 0 Å². The van der Waals surface area contributed by atoms with E-state index in [2.05, 4.69) is 10.1 Å². The third-order valence-corrected chi connectivity index (χ3v) is 4.84. The Morgan fingerprint density at radius 2 is 2.00 bits per heavy atom. The number of aromatic nitrogens is 3. The lowest BCUT2D eigenvalue weighted by atomic mass is 10.1. The van der Waals surface area contributed by atoms with Crippen LogP contribution in [0.4, 0.5) is 0 Å². The fourth-order valence-corrected chi connectivity index (χ4v) is 3.53. The van der Waals surface area contributed by atoms with Gasteiger partial charge in [0, 0.05) is 17.4 Å². The number of thiazole rings is 1. The summed E-state index contributed by atoms with van der Waals surface area (Å²) < 4.78 is 6.90. The normalized spacial score (nSPS) is 11.0. The molecule has 0 saturated carbocycles. The van der Waals surface area contributed by atoms with Gasteiger partial charge in [-0.1, -0.05) is 12.1 Å². The van der Waals surface area contributed by atoms with Crippen molar-refractivity contribution in [3.8, 4) is 22.8 Å². The van der Waals surface area contributed by atoms with Crippen molar-refractivity contribution in [1.29, 1.82) is 0 Å². The summed E-state index contributed by atoms with van der Waals surface area (Å²) in [5, 5.41) is 15.9. The first kappa shape index (κ1) is 16.3. The largest absolute Gasteiger partial charge is 0.508 e. The van der Waals surface area contributed by atoms with E-state index in [1.165, 1.54) is 11.3 Å². The molecule has 130 valence electrons. The summed E-state index contributed by atoms with van der Waals surface area (Å²) in [5.74, 6) is 0.932. The Balaban J connectivity index is 1.78. The van der Waals surface area contributed by atoms with Gasteiger partial charge in [0.1, 0.15) is 17.2 Å². The molecule has 2 aromatic heterocycles. The molecular formula is C19H15N3O3S. The van der Waals surface area contributed by atoms with E-state index in [0.717, 1.165) is 22.6 Å². The van der Waals surface area contributed by atoms with Crippen molar-refractivity contribution in [2.24, 2.45) is 0 Å². The van der Waals surface area contributed by atoms with Crippen LogP contribution in [-0.4, -0.2) is 26.8 Å². The predicted octanol–water partition coefficient (Wildman–Crippen LogP) is 3.12. The Kier molecular flexibility index (Phi) is 4.14. The van der Waals surface area contributed by atoms with Crippen LogP contribution in [0, 0.1) is 0 Å². The second-order valence-electron chi connectivity index (χ2n) is 5.75. The molecule has 6 nitrogen and oxygen atoms in total. The molecule has 0 bridgehead atoms. The van der Waals surface area contributed by atoms with Crippen LogP contribution in [0.15, 0.2) is 58.7 Å². The number of hydrogen-bond donors (Lipinski definition) is 1. The molecule has 2 heterocycles. The number of phenols is 1. The number of aromatic hydroxyl groups is 1. The lowest BCUT2D eigenvalue weighted by Gasteiger charge is -2.05. The lowest BCUT2D eigenvalue weighted by Crippen LogP contribution is -2.18. The van der Waals surface area contributed by atoms with E-state index < -0.39 is 0 Å². The molecule has 0 spiro atoms. The van der Waals surface area contributed by atoms with Crippen molar-refractivity contribution in [2.45, 2.75) is 6.42 Å². The average Bonchev–Trinajstić information content (AvgIpc) is 3.05. The highest BCUT2D eigenvalue weighted by molar-refractivity contribution is 7.15. The Morgan fingerprint density at radius 3 is 2.77 bits per heavy atom. The van der Waals surface area contributed by atoms with E-state index in [9.17, 15) is 9.90 Å². The van der Waals surface area contributed by atoms with Crippen LogP contribution in [0.2, 0.25) is 0 Å². The molecule has 0 amide bonds. The lowest BCUT2D eigenvalue weighted by molar-refractivity contribution is 0.414. The first-order valence-corrected chi connectivity index (χ1v) is 8.82. The Labute approximate surface area is 153 Å². The highest BCUT2D eigenvalue weighted by Gasteiger charge is 2.13. The topological polar surface area (TPSA) is 76.7 Å². The van der Waals surface area contributed by atoms with Crippen molar-refractivity contribution < 1.29 is 9.84 Å². The quantitative estimate of drug-likeness (QED) is 0.601. The summed E-state index contributed by atoms with van der Waals surface area (Å²) >= 11 is 1.36. The minimum atomic E-state index is -0.327. The van der Waals surface area contributed by atoms with Crippen molar-refractivity contribution in [2.75, 3.05) is 7.11 Å². The molecule has 26 heavy (non-hydrogen) atoms. The molecule has 0 radical (unpaired) electrons. The van der Waals surface area contributed by atoms with Crippen molar-refractivity contribution in [3.63, 3.8) is 0 Å². The van der Waals surface area contributed by atoms with Crippen LogP contribution in [0.5, 0.6) is 11.5 Å². The second-order valence-corrected chi connectivity index (χ2v) is 6.59. The van der Waals surface area contributed by atoms with Gasteiger partial charge in [-0.25, -0.2) is 4.52 Å². The summed E-state index contributed by atoms with van der Waals surface area (Å²) in [6, 6.07) is 14.4. The second kappa shape index (κ2) is 6.61. The van der Waals surface area contributed by atoms with Gasteiger partial charge in [-0.2, -0.15) is 10.1 Å². The van der Waals surface area contributed by atoms with Crippen LogP contribution in [0.1, 0.15) is 11.3 Å². The molecule has 4 rings (SSSR count). The van der Waals surface area contributed by atoms with Crippen molar-refractivity contribution in [3.05, 3.63) is 75.5 Å². The Morgan fingerprint density at radius 1 is 1.19 bits per heavy atom. The standard InChI is InChI=1S/C19H15N3O3S/c1-25-15-4-2-3-12(9-15)10-16-18(24)20-19-22(21-16)17(11-26-19)13-5-7-14(23)8-6-13/h2-9,11,23H,10H2,1H3. The number of nitrogens with zero attached hydrogens (tertiary/aromatic N) is 3. The van der Waals surface area contributed by atoms with Crippen LogP contribution in [0.25, 0.3) is 16.2 Å². The SMILES string of the molecule is COc1cccc(Cc2nn3c(-c4ccc(O)cc4)csc3nc2=O)c1. The molecule has 0 aliphatic carbocycles. The van der Waals surface area contributed by atoms with Crippen molar-refractivity contribution in [1.82, 2.24) is 14.6 Å². The maximum Gasteiger partial charge on any atom is 0.296 e. The molecule has 1 N–H and O–H groups in total. The van der Waals surface area contributed by atoms with Gasteiger partial charge < -0.3 is 9.84 Å². The first-order chi connectivity index (χ1) is 12.6. The van der Waals surface area contributed by atoms with Crippen LogP contribution >= 0.6 is 11.3 Å². The molecule has 4 aromatic rings. The molecule has 2 aromatic carbocycles. The Bertz CT molecular complexity index is 1130. The third-order valence-electron chi connectivity index (χ3n) is 4.02. The molecule has 0 fully saturated rings. The van der Waals surface area contributed by atoms with Gasteiger partial charge in [0.25, 0.3) is 5.56 Å². The number of ether oxygens (including phenoxy) is 1. The maximum absolute atomic E-state index is 12.3. The van der Waals surface area contributed by atoms with Gasteiger partial charge >= 0.3 is 0 Å². The summed E-state index contributed by atoms with van der Waals surface area (Å²) in [5.41, 5.74) is 2.68. The highest BCUT2D eigenvalue weighted by Crippen LogP contribution is 2.25. The molecule has 0 aliphatic rings. The van der Waals surface area contributed by atoms with Gasteiger partial charge in [0.15, 0.2) is 0 Å². The third kappa shape index (κ3) is 3.04. The maximum atomic E-state index is 12.3. The zero-order valence-corrected chi connectivity index (χ0v) is 14.7. The van der Waals surface area contributed by atoms with Gasteiger partial charge in [0.2, 0.25) is 4.96 Å². The van der Waals surface area contributed by atoms with Gasteiger partial charge in [-0.15, -0.1) is 11.3 Å². The molecule has 7 heteroatoms. The van der Waals surface area contributed by atoms with Crippen LogP contribution < -0.4 is 10.3 Å². The number of benzene rings is 2. The predicted molar refractivity (Wildman–Crippen MR) is 100 cm³/mol. The summed E-state index contributed by atoms with van der Waals surface area (Å²) in [4.78, 5) is 17.0. The first-order valence-electron chi connectivity index (χ1n) is 7.94. The van der Waals surface area contributed by atoms with E-state index in [1.54, 1.807) is 35.9 Å². The van der Waals surface area contributed by atoms with E-state index in [-0.39, 0.29) is 11.3 Å². The van der Waals surface area contributed by atoms with Gasteiger partial charge in [-0.3, -0.25) is 4.79 Å². The minimum absolute atomic E-state index is 0.199. The van der Waals surface area contributed by atoms with Crippen molar-refractivity contribution >= 4 is 16.3 Å².